The maximum Gasteiger partial charge on any atom is 0.328 e. The number of rotatable bonds is 7. The third-order valence-electron chi connectivity index (χ3n) is 5.27. The van der Waals surface area contributed by atoms with E-state index in [1.165, 1.54) is 18.4 Å². The summed E-state index contributed by atoms with van der Waals surface area (Å²) in [6, 6.07) is 12.9. The van der Waals surface area contributed by atoms with Crippen molar-refractivity contribution in [3.8, 4) is 11.5 Å². The van der Waals surface area contributed by atoms with Crippen LogP contribution in [0.1, 0.15) is 24.0 Å². The molecule has 0 radical (unpaired) electrons. The van der Waals surface area contributed by atoms with Gasteiger partial charge in [0.1, 0.15) is 13.2 Å². The van der Waals surface area contributed by atoms with E-state index in [-0.39, 0.29) is 18.1 Å². The minimum absolute atomic E-state index is 0. The first-order valence-electron chi connectivity index (χ1n) is 9.34. The van der Waals surface area contributed by atoms with Crippen molar-refractivity contribution in [2.75, 3.05) is 7.11 Å². The van der Waals surface area contributed by atoms with Gasteiger partial charge in [-0.2, -0.15) is 0 Å². The second-order valence-electron chi connectivity index (χ2n) is 7.27. The molecule has 2 N–H and O–H groups in total. The van der Waals surface area contributed by atoms with Crippen molar-refractivity contribution in [1.29, 1.82) is 0 Å². The normalized spacial score (nSPS) is 13.4. The van der Waals surface area contributed by atoms with Crippen LogP contribution in [0.3, 0.4) is 0 Å². The third kappa shape index (κ3) is 4.03. The van der Waals surface area contributed by atoms with Crippen LogP contribution in [-0.4, -0.2) is 22.3 Å². The molecule has 1 aliphatic rings. The first-order valence-corrected chi connectivity index (χ1v) is 9.34. The predicted molar refractivity (Wildman–Crippen MR) is 104 cm³/mol. The molecule has 1 heterocycles. The van der Waals surface area contributed by atoms with E-state index in [2.05, 4.69) is 17.4 Å². The zero-order valence-corrected chi connectivity index (χ0v) is 17.2. The van der Waals surface area contributed by atoms with Crippen molar-refractivity contribution in [3.05, 3.63) is 58.0 Å². The second kappa shape index (κ2) is 8.29. The van der Waals surface area contributed by atoms with Gasteiger partial charge in [0.05, 0.1) is 24.2 Å². The average Bonchev–Trinajstić information content (AvgIpc) is 3.50. The molecule has 3 aromatic rings. The predicted octanol–water partition coefficient (Wildman–Crippen LogP) is -1.31. The van der Waals surface area contributed by atoms with Gasteiger partial charge in [0, 0.05) is 32.5 Å². The highest BCUT2D eigenvalue weighted by Crippen LogP contribution is 2.29. The van der Waals surface area contributed by atoms with Gasteiger partial charge in [-0.05, 0) is 35.9 Å². The highest BCUT2D eigenvalue weighted by molar-refractivity contribution is 5.76. The van der Waals surface area contributed by atoms with Crippen LogP contribution in [0.15, 0.2) is 41.2 Å². The second-order valence-corrected chi connectivity index (χ2v) is 7.27. The lowest BCUT2D eigenvalue weighted by molar-refractivity contribution is -0.683. The van der Waals surface area contributed by atoms with Crippen LogP contribution < -0.4 is 32.9 Å². The molecule has 1 saturated carbocycles. The molecule has 0 spiro atoms. The molecule has 7 heteroatoms. The van der Waals surface area contributed by atoms with Gasteiger partial charge in [0.15, 0.2) is 11.5 Å². The Labute approximate surface area is 170 Å². The third-order valence-corrected chi connectivity index (χ3v) is 5.27. The smallest absolute Gasteiger partial charge is 0.328 e. The first kappa shape index (κ1) is 20.3. The Kier molecular flexibility index (Phi) is 6.01. The Morgan fingerprint density at radius 1 is 1.00 bits per heavy atom. The van der Waals surface area contributed by atoms with Gasteiger partial charge in [-0.15, -0.1) is 0 Å². The lowest BCUT2D eigenvalue weighted by Crippen LogP contribution is -3.00. The molecular weight excluding hydrogens is 378 g/mol. The van der Waals surface area contributed by atoms with Crippen molar-refractivity contribution in [3.63, 3.8) is 0 Å². The molecule has 0 unspecified atom stereocenters. The quantitative estimate of drug-likeness (QED) is 0.533. The maximum atomic E-state index is 12.1. The molecule has 1 fully saturated rings. The number of quaternary nitrogens is 1. The molecule has 0 atom stereocenters. The number of benzene rings is 2. The van der Waals surface area contributed by atoms with Crippen LogP contribution in [-0.2, 0) is 27.2 Å². The summed E-state index contributed by atoms with van der Waals surface area (Å²) in [6.45, 7) is 1.39. The minimum atomic E-state index is -0.0247. The molecule has 0 amide bonds. The number of hydrogen-bond acceptors (Lipinski definition) is 3. The number of halogens is 1. The number of fused-ring (bicyclic) bond motifs is 1. The minimum Gasteiger partial charge on any atom is -1.00 e. The van der Waals surface area contributed by atoms with E-state index in [9.17, 15) is 4.79 Å². The summed E-state index contributed by atoms with van der Waals surface area (Å²) in [5, 5.41) is 2.38. The zero-order valence-electron chi connectivity index (χ0n) is 16.4. The zero-order chi connectivity index (χ0) is 19.0. The van der Waals surface area contributed by atoms with Crippen LogP contribution in [0.4, 0.5) is 0 Å². The number of imidazole rings is 1. The van der Waals surface area contributed by atoms with Crippen molar-refractivity contribution in [2.24, 2.45) is 14.1 Å². The number of aryl methyl sites for hydroxylation is 2. The van der Waals surface area contributed by atoms with Crippen molar-refractivity contribution in [2.45, 2.75) is 32.0 Å². The standard InChI is InChI=1S/C21H25N3O3.ClH/c1-23-17-8-4-15(10-18(17)24(2)21(23)25)13-27-19-9-5-14(11-20(19)26-3)12-22-16-6-7-16;/h4-5,8-11,16,22H,6-7,12-13H2,1-3H3;1H. The molecular formula is C21H26ClN3O3. The number of nitrogens with two attached hydrogens (primary N) is 1. The van der Waals surface area contributed by atoms with Crippen LogP contribution in [0.25, 0.3) is 11.0 Å². The van der Waals surface area contributed by atoms with E-state index < -0.39 is 0 Å². The van der Waals surface area contributed by atoms with Gasteiger partial charge in [0.25, 0.3) is 0 Å². The van der Waals surface area contributed by atoms with Gasteiger partial charge in [0.2, 0.25) is 0 Å². The number of methoxy groups -OCH3 is 1. The number of hydrogen-bond donors (Lipinski definition) is 1. The monoisotopic (exact) mass is 403 g/mol. The molecule has 1 aromatic heterocycles. The molecule has 0 bridgehead atoms. The van der Waals surface area contributed by atoms with E-state index in [0.717, 1.165) is 40.7 Å². The van der Waals surface area contributed by atoms with Gasteiger partial charge < -0.3 is 27.2 Å². The highest BCUT2D eigenvalue weighted by atomic mass is 35.5. The van der Waals surface area contributed by atoms with E-state index >= 15 is 0 Å². The lowest BCUT2D eigenvalue weighted by atomic mass is 10.2. The fourth-order valence-corrected chi connectivity index (χ4v) is 3.40. The Morgan fingerprint density at radius 2 is 1.71 bits per heavy atom. The first-order chi connectivity index (χ1) is 13.1. The molecule has 1 aliphatic carbocycles. The molecule has 6 nitrogen and oxygen atoms in total. The molecule has 150 valence electrons. The Balaban J connectivity index is 0.00000225. The van der Waals surface area contributed by atoms with Crippen molar-refractivity contribution < 1.29 is 27.2 Å². The fraction of sp³-hybridized carbons (Fsp3) is 0.381. The van der Waals surface area contributed by atoms with Crippen molar-refractivity contribution in [1.82, 2.24) is 9.13 Å². The van der Waals surface area contributed by atoms with E-state index in [4.69, 9.17) is 9.47 Å². The molecule has 28 heavy (non-hydrogen) atoms. The highest BCUT2D eigenvalue weighted by Gasteiger charge is 2.24. The van der Waals surface area contributed by atoms with Crippen LogP contribution in [0.5, 0.6) is 11.5 Å². The van der Waals surface area contributed by atoms with Gasteiger partial charge in [-0.25, -0.2) is 4.79 Å². The average molecular weight is 404 g/mol. The van der Waals surface area contributed by atoms with Gasteiger partial charge in [-0.1, -0.05) is 6.07 Å². The summed E-state index contributed by atoms with van der Waals surface area (Å²) < 4.78 is 14.8. The summed E-state index contributed by atoms with van der Waals surface area (Å²) in [7, 11) is 5.24. The molecule has 0 saturated heterocycles. The maximum absolute atomic E-state index is 12.1. The Hall–Kier alpha value is -2.44. The van der Waals surface area contributed by atoms with E-state index in [1.807, 2.05) is 24.3 Å². The number of aromatic nitrogens is 2. The van der Waals surface area contributed by atoms with E-state index in [0.29, 0.717) is 6.61 Å². The fourth-order valence-electron chi connectivity index (χ4n) is 3.40. The lowest BCUT2D eigenvalue weighted by Gasteiger charge is -2.12. The number of nitrogens with zero attached hydrogens (tertiary/aromatic N) is 2. The van der Waals surface area contributed by atoms with Crippen LogP contribution >= 0.6 is 0 Å². The summed E-state index contributed by atoms with van der Waals surface area (Å²) >= 11 is 0. The summed E-state index contributed by atoms with van der Waals surface area (Å²) in [6.07, 6.45) is 2.66. The molecule has 4 rings (SSSR count). The van der Waals surface area contributed by atoms with Gasteiger partial charge in [-0.3, -0.25) is 9.13 Å². The SMILES string of the molecule is COc1cc(C[NH2+]C2CC2)ccc1OCc1ccc2c(c1)n(C)c(=O)n2C.[Cl-]. The van der Waals surface area contributed by atoms with Crippen molar-refractivity contribution >= 4 is 11.0 Å². The number of ether oxygens (including phenoxy) is 2. The van der Waals surface area contributed by atoms with Crippen LogP contribution in [0, 0.1) is 0 Å². The largest absolute Gasteiger partial charge is 1.00 e. The molecule has 2 aromatic carbocycles. The van der Waals surface area contributed by atoms with Gasteiger partial charge >= 0.3 is 5.69 Å². The molecule has 0 aliphatic heterocycles. The topological polar surface area (TPSA) is 62.0 Å². The Bertz CT molecular complexity index is 1040. The summed E-state index contributed by atoms with van der Waals surface area (Å²) in [5.41, 5.74) is 4.05. The Morgan fingerprint density at radius 3 is 2.43 bits per heavy atom. The van der Waals surface area contributed by atoms with Crippen LogP contribution in [0.2, 0.25) is 0 Å². The van der Waals surface area contributed by atoms with E-state index in [1.54, 1.807) is 30.3 Å². The summed E-state index contributed by atoms with van der Waals surface area (Å²) in [4.78, 5) is 12.1. The summed E-state index contributed by atoms with van der Waals surface area (Å²) in [5.74, 6) is 1.49.